The Morgan fingerprint density at radius 1 is 1.11 bits per heavy atom. The fraction of sp³-hybridized carbons (Fsp3) is 0.238. The predicted octanol–water partition coefficient (Wildman–Crippen LogP) is 2.92. The second kappa shape index (κ2) is 7.98. The number of aromatic nitrogens is 2. The molecule has 0 spiro atoms. The molecule has 1 heterocycles. The molecule has 28 heavy (non-hydrogen) atoms. The molecule has 0 saturated carbocycles. The van der Waals surface area contributed by atoms with Gasteiger partial charge in [-0.3, -0.25) is 9.48 Å². The first kappa shape index (κ1) is 19.8. The van der Waals surface area contributed by atoms with Gasteiger partial charge in [0.2, 0.25) is 0 Å². The molecular weight excluding hydrogens is 374 g/mol. The van der Waals surface area contributed by atoms with Gasteiger partial charge in [0.15, 0.2) is 9.84 Å². The highest BCUT2D eigenvalue weighted by atomic mass is 32.2. The maximum absolute atomic E-state index is 12.9. The third-order valence-electron chi connectivity index (χ3n) is 4.51. The number of rotatable bonds is 6. The summed E-state index contributed by atoms with van der Waals surface area (Å²) >= 11 is 0. The van der Waals surface area contributed by atoms with Crippen LogP contribution in [0.2, 0.25) is 0 Å². The quantitative estimate of drug-likeness (QED) is 0.641. The lowest BCUT2D eigenvalue weighted by atomic mass is 10.1. The molecule has 0 aliphatic rings. The first-order chi connectivity index (χ1) is 13.2. The highest BCUT2D eigenvalue weighted by Gasteiger charge is 2.18. The minimum absolute atomic E-state index is 0.144. The molecule has 0 saturated heterocycles. The Bertz CT molecular complexity index is 1090. The van der Waals surface area contributed by atoms with Gasteiger partial charge in [0.25, 0.3) is 5.91 Å². The van der Waals surface area contributed by atoms with Gasteiger partial charge in [0.05, 0.1) is 17.6 Å². The molecule has 1 amide bonds. The molecule has 0 atom stereocenters. The van der Waals surface area contributed by atoms with Crippen molar-refractivity contribution in [1.82, 2.24) is 14.7 Å². The lowest BCUT2D eigenvalue weighted by Crippen LogP contribution is -2.27. The third-order valence-corrected chi connectivity index (χ3v) is 5.62. The molecule has 0 fully saturated rings. The van der Waals surface area contributed by atoms with Crippen LogP contribution in [-0.4, -0.2) is 42.3 Å². The van der Waals surface area contributed by atoms with Crippen LogP contribution < -0.4 is 0 Å². The van der Waals surface area contributed by atoms with Gasteiger partial charge in [-0.05, 0) is 30.2 Å². The summed E-state index contributed by atoms with van der Waals surface area (Å²) in [7, 11) is -1.67. The van der Waals surface area contributed by atoms with Crippen molar-refractivity contribution in [3.05, 3.63) is 83.2 Å². The number of hydrogen-bond acceptors (Lipinski definition) is 4. The van der Waals surface area contributed by atoms with Gasteiger partial charge in [0.1, 0.15) is 0 Å². The summed E-state index contributed by atoms with van der Waals surface area (Å²) in [6.07, 6.45) is 4.79. The Hall–Kier alpha value is -2.93. The van der Waals surface area contributed by atoms with Gasteiger partial charge in [-0.15, -0.1) is 0 Å². The maximum Gasteiger partial charge on any atom is 0.254 e. The van der Waals surface area contributed by atoms with E-state index >= 15 is 0 Å². The van der Waals surface area contributed by atoms with Crippen molar-refractivity contribution >= 4 is 15.7 Å². The van der Waals surface area contributed by atoms with Crippen molar-refractivity contribution in [1.29, 1.82) is 0 Å². The second-order valence-corrected chi connectivity index (χ2v) is 8.96. The standard InChI is InChI=1S/C21H23N3O3S/c1-16-9-10-19(28(3,26)27)11-20(16)21(25)23(2)13-18-12-22-24(15-18)14-17-7-5-4-6-8-17/h4-12,15H,13-14H2,1-3H3. The number of nitrogens with zero attached hydrogens (tertiary/aromatic N) is 3. The predicted molar refractivity (Wildman–Crippen MR) is 108 cm³/mol. The summed E-state index contributed by atoms with van der Waals surface area (Å²) in [6, 6.07) is 14.6. The molecule has 1 aromatic heterocycles. The SMILES string of the molecule is Cc1ccc(S(C)(=O)=O)cc1C(=O)N(C)Cc1cnn(Cc2ccccc2)c1. The average Bonchev–Trinajstić information content (AvgIpc) is 3.08. The van der Waals surface area contributed by atoms with Crippen LogP contribution in [0.15, 0.2) is 65.8 Å². The van der Waals surface area contributed by atoms with Gasteiger partial charge in [-0.1, -0.05) is 36.4 Å². The first-order valence-corrected chi connectivity index (χ1v) is 10.7. The molecule has 7 heteroatoms. The molecule has 2 aromatic carbocycles. The smallest absolute Gasteiger partial charge is 0.254 e. The van der Waals surface area contributed by atoms with E-state index in [4.69, 9.17) is 0 Å². The van der Waals surface area contributed by atoms with E-state index in [1.165, 1.54) is 12.1 Å². The van der Waals surface area contributed by atoms with Crippen molar-refractivity contribution in [3.8, 4) is 0 Å². The number of amides is 1. The third kappa shape index (κ3) is 4.67. The molecule has 6 nitrogen and oxygen atoms in total. The van der Waals surface area contributed by atoms with Crippen molar-refractivity contribution in [2.45, 2.75) is 24.9 Å². The largest absolute Gasteiger partial charge is 0.337 e. The van der Waals surface area contributed by atoms with E-state index in [1.54, 1.807) is 31.1 Å². The molecular formula is C21H23N3O3S. The van der Waals surface area contributed by atoms with E-state index in [1.807, 2.05) is 41.2 Å². The topological polar surface area (TPSA) is 72.3 Å². The monoisotopic (exact) mass is 397 g/mol. The van der Waals surface area contributed by atoms with Crippen LogP contribution in [0, 0.1) is 6.92 Å². The molecule has 146 valence electrons. The van der Waals surface area contributed by atoms with Crippen molar-refractivity contribution in [2.24, 2.45) is 0 Å². The highest BCUT2D eigenvalue weighted by Crippen LogP contribution is 2.18. The molecule has 0 radical (unpaired) electrons. The van der Waals surface area contributed by atoms with Crippen LogP contribution in [0.5, 0.6) is 0 Å². The fourth-order valence-electron chi connectivity index (χ4n) is 2.96. The zero-order chi connectivity index (χ0) is 20.3. The molecule has 0 aliphatic heterocycles. The van der Waals surface area contributed by atoms with Crippen LogP contribution >= 0.6 is 0 Å². The molecule has 0 unspecified atom stereocenters. The number of carbonyl (C=O) groups is 1. The zero-order valence-corrected chi connectivity index (χ0v) is 17.0. The number of carbonyl (C=O) groups excluding carboxylic acids is 1. The Balaban J connectivity index is 1.73. The summed E-state index contributed by atoms with van der Waals surface area (Å²) < 4.78 is 25.4. The van der Waals surface area contributed by atoms with Crippen molar-refractivity contribution in [3.63, 3.8) is 0 Å². The van der Waals surface area contributed by atoms with Gasteiger partial charge in [-0.25, -0.2) is 8.42 Å². The number of hydrogen-bond donors (Lipinski definition) is 0. The minimum Gasteiger partial charge on any atom is -0.337 e. The van der Waals surface area contributed by atoms with Crippen LogP contribution in [0.1, 0.15) is 27.0 Å². The average molecular weight is 398 g/mol. The zero-order valence-electron chi connectivity index (χ0n) is 16.2. The number of aryl methyl sites for hydroxylation is 1. The minimum atomic E-state index is -3.37. The van der Waals surface area contributed by atoms with Gasteiger partial charge < -0.3 is 4.90 Å². The summed E-state index contributed by atoms with van der Waals surface area (Å²) in [5.74, 6) is -0.223. The van der Waals surface area contributed by atoms with Gasteiger partial charge >= 0.3 is 0 Å². The first-order valence-electron chi connectivity index (χ1n) is 8.85. The summed E-state index contributed by atoms with van der Waals surface area (Å²) in [5.41, 5.74) is 3.18. The fourth-order valence-corrected chi connectivity index (χ4v) is 3.61. The van der Waals surface area contributed by atoms with Gasteiger partial charge in [0, 0.05) is 37.2 Å². The van der Waals surface area contributed by atoms with E-state index in [0.717, 1.165) is 22.9 Å². The number of sulfone groups is 1. The molecule has 3 rings (SSSR count). The van der Waals surface area contributed by atoms with Crippen molar-refractivity contribution in [2.75, 3.05) is 13.3 Å². The Morgan fingerprint density at radius 2 is 1.82 bits per heavy atom. The summed E-state index contributed by atoms with van der Waals surface area (Å²) in [6.45, 7) is 2.84. The van der Waals surface area contributed by atoms with Gasteiger partial charge in [-0.2, -0.15) is 5.10 Å². The number of benzene rings is 2. The lowest BCUT2D eigenvalue weighted by molar-refractivity contribution is 0.0784. The summed E-state index contributed by atoms with van der Waals surface area (Å²) in [4.78, 5) is 14.6. The second-order valence-electron chi connectivity index (χ2n) is 6.94. The highest BCUT2D eigenvalue weighted by molar-refractivity contribution is 7.90. The van der Waals surface area contributed by atoms with E-state index in [9.17, 15) is 13.2 Å². The molecule has 0 bridgehead atoms. The Kier molecular flexibility index (Phi) is 5.65. The van der Waals surface area contributed by atoms with E-state index in [2.05, 4.69) is 5.10 Å². The van der Waals surface area contributed by atoms with Crippen LogP contribution in [0.4, 0.5) is 0 Å². The molecule has 3 aromatic rings. The normalized spacial score (nSPS) is 11.4. The Morgan fingerprint density at radius 3 is 2.50 bits per heavy atom. The maximum atomic E-state index is 12.9. The van der Waals surface area contributed by atoms with Crippen molar-refractivity contribution < 1.29 is 13.2 Å². The van der Waals surface area contributed by atoms with E-state index in [-0.39, 0.29) is 10.8 Å². The molecule has 0 aliphatic carbocycles. The van der Waals surface area contributed by atoms with Crippen LogP contribution in [-0.2, 0) is 22.9 Å². The van der Waals surface area contributed by atoms with E-state index < -0.39 is 9.84 Å². The Labute approximate surface area is 165 Å². The van der Waals surface area contributed by atoms with Crippen LogP contribution in [0.3, 0.4) is 0 Å². The lowest BCUT2D eigenvalue weighted by Gasteiger charge is -2.18. The molecule has 0 N–H and O–H groups in total. The summed E-state index contributed by atoms with van der Waals surface area (Å²) in [5, 5.41) is 4.36. The van der Waals surface area contributed by atoms with E-state index in [0.29, 0.717) is 18.7 Å². The van der Waals surface area contributed by atoms with Crippen LogP contribution in [0.25, 0.3) is 0 Å².